The Hall–Kier alpha value is -1.26. The SMILES string of the molecule is O=C(C1CNCCO1)[n+]1ccccc1. The number of nitrogens with one attached hydrogen (secondary N) is 1. The average molecular weight is 193 g/mol. The van der Waals surface area contributed by atoms with Gasteiger partial charge in [-0.2, -0.15) is 0 Å². The van der Waals surface area contributed by atoms with Crippen LogP contribution in [0.5, 0.6) is 0 Å². The van der Waals surface area contributed by atoms with Gasteiger partial charge in [0.1, 0.15) is 0 Å². The summed E-state index contributed by atoms with van der Waals surface area (Å²) in [4.78, 5) is 11.8. The van der Waals surface area contributed by atoms with Gasteiger partial charge in [0, 0.05) is 25.2 Å². The zero-order valence-electron chi connectivity index (χ0n) is 7.85. The van der Waals surface area contributed by atoms with E-state index in [9.17, 15) is 4.79 Å². The first-order valence-electron chi connectivity index (χ1n) is 4.71. The zero-order chi connectivity index (χ0) is 9.80. The molecule has 1 fully saturated rings. The number of morpholine rings is 1. The molecule has 0 radical (unpaired) electrons. The zero-order valence-corrected chi connectivity index (χ0v) is 7.85. The van der Waals surface area contributed by atoms with Crippen LogP contribution in [-0.2, 0) is 4.74 Å². The van der Waals surface area contributed by atoms with Crippen molar-refractivity contribution in [3.63, 3.8) is 0 Å². The first-order chi connectivity index (χ1) is 6.88. The normalized spacial score (nSPS) is 21.9. The fraction of sp³-hybridized carbons (Fsp3) is 0.400. The number of aromatic nitrogens is 1. The third kappa shape index (κ3) is 1.97. The van der Waals surface area contributed by atoms with Crippen LogP contribution in [0.15, 0.2) is 30.6 Å². The Kier molecular flexibility index (Phi) is 2.86. The van der Waals surface area contributed by atoms with Crippen LogP contribution in [0.25, 0.3) is 0 Å². The van der Waals surface area contributed by atoms with Crippen molar-refractivity contribution in [1.29, 1.82) is 0 Å². The number of nitrogens with zero attached hydrogens (tertiary/aromatic N) is 1. The van der Waals surface area contributed by atoms with E-state index in [-0.39, 0.29) is 12.0 Å². The molecule has 1 aromatic heterocycles. The van der Waals surface area contributed by atoms with Gasteiger partial charge in [0.15, 0.2) is 18.5 Å². The number of carbonyl (C=O) groups is 1. The monoisotopic (exact) mass is 193 g/mol. The molecular weight excluding hydrogens is 180 g/mol. The molecule has 0 aromatic carbocycles. The van der Waals surface area contributed by atoms with Crippen LogP contribution < -0.4 is 9.88 Å². The summed E-state index contributed by atoms with van der Waals surface area (Å²) in [6, 6.07) is 5.53. The molecule has 1 saturated heterocycles. The quantitative estimate of drug-likeness (QED) is 0.617. The molecule has 0 amide bonds. The molecule has 0 aliphatic carbocycles. The number of hydrogen-bond acceptors (Lipinski definition) is 3. The first kappa shape index (κ1) is 9.30. The average Bonchev–Trinajstić information content (AvgIpc) is 2.30. The molecule has 4 heteroatoms. The van der Waals surface area contributed by atoms with Crippen molar-refractivity contribution < 1.29 is 14.1 Å². The van der Waals surface area contributed by atoms with Crippen molar-refractivity contribution in [3.8, 4) is 0 Å². The molecule has 0 spiro atoms. The molecule has 1 N–H and O–H groups in total. The molecular formula is C10H13N2O2+. The molecule has 2 heterocycles. The van der Waals surface area contributed by atoms with E-state index >= 15 is 0 Å². The van der Waals surface area contributed by atoms with Gasteiger partial charge in [0.25, 0.3) is 0 Å². The molecule has 1 unspecified atom stereocenters. The lowest BCUT2D eigenvalue weighted by molar-refractivity contribution is -0.578. The summed E-state index contributed by atoms with van der Waals surface area (Å²) < 4.78 is 6.91. The first-order valence-corrected chi connectivity index (χ1v) is 4.71. The molecule has 14 heavy (non-hydrogen) atoms. The van der Waals surface area contributed by atoms with Gasteiger partial charge in [-0.3, -0.25) is 0 Å². The number of hydrogen-bond donors (Lipinski definition) is 1. The largest absolute Gasteiger partial charge is 0.422 e. The summed E-state index contributed by atoms with van der Waals surface area (Å²) in [7, 11) is 0. The van der Waals surface area contributed by atoms with Crippen molar-refractivity contribution in [2.45, 2.75) is 6.10 Å². The van der Waals surface area contributed by atoms with Crippen molar-refractivity contribution >= 4 is 5.91 Å². The Labute approximate surface area is 82.5 Å². The second kappa shape index (κ2) is 4.30. The third-order valence-corrected chi connectivity index (χ3v) is 2.17. The summed E-state index contributed by atoms with van der Waals surface area (Å²) in [5.74, 6) is -0.0159. The number of rotatable bonds is 1. The minimum Gasteiger partial charge on any atom is -0.361 e. The molecule has 0 bridgehead atoms. The van der Waals surface area contributed by atoms with E-state index < -0.39 is 0 Å². The molecule has 1 aliphatic rings. The van der Waals surface area contributed by atoms with Gasteiger partial charge >= 0.3 is 5.91 Å². The Balaban J connectivity index is 2.07. The summed E-state index contributed by atoms with van der Waals surface area (Å²) in [5.41, 5.74) is 0. The molecule has 1 aromatic rings. The van der Waals surface area contributed by atoms with Crippen LogP contribution in [0.4, 0.5) is 0 Å². The predicted molar refractivity (Wildman–Crippen MR) is 49.9 cm³/mol. The van der Waals surface area contributed by atoms with E-state index in [1.165, 1.54) is 0 Å². The topological polar surface area (TPSA) is 42.2 Å². The lowest BCUT2D eigenvalue weighted by atomic mass is 10.3. The van der Waals surface area contributed by atoms with E-state index in [1.54, 1.807) is 17.0 Å². The fourth-order valence-electron chi connectivity index (χ4n) is 1.44. The Morgan fingerprint density at radius 1 is 1.36 bits per heavy atom. The van der Waals surface area contributed by atoms with Crippen LogP contribution in [-0.4, -0.2) is 31.7 Å². The van der Waals surface area contributed by atoms with Gasteiger partial charge in [0.05, 0.1) is 6.61 Å². The second-order valence-electron chi connectivity index (χ2n) is 3.18. The fourth-order valence-corrected chi connectivity index (χ4v) is 1.44. The maximum absolute atomic E-state index is 11.8. The highest BCUT2D eigenvalue weighted by Crippen LogP contribution is 1.95. The van der Waals surface area contributed by atoms with E-state index in [2.05, 4.69) is 5.32 Å². The standard InChI is InChI=1S/C10H13N2O2/c13-10(9-8-11-4-7-14-9)12-5-2-1-3-6-12/h1-3,5-6,9,11H,4,7-8H2/q+1. The molecule has 2 rings (SSSR count). The van der Waals surface area contributed by atoms with Gasteiger partial charge in [-0.05, 0) is 0 Å². The maximum Gasteiger partial charge on any atom is 0.422 e. The van der Waals surface area contributed by atoms with Crippen LogP contribution in [0.3, 0.4) is 0 Å². The van der Waals surface area contributed by atoms with Gasteiger partial charge in [-0.1, -0.05) is 6.07 Å². The number of ether oxygens (including phenoxy) is 1. The third-order valence-electron chi connectivity index (χ3n) is 2.17. The van der Waals surface area contributed by atoms with Gasteiger partial charge in [-0.25, -0.2) is 4.79 Å². The summed E-state index contributed by atoms with van der Waals surface area (Å²) in [5, 5.41) is 3.13. The summed E-state index contributed by atoms with van der Waals surface area (Å²) in [6.45, 7) is 2.02. The van der Waals surface area contributed by atoms with Crippen LogP contribution in [0, 0.1) is 0 Å². The molecule has 1 atom stereocenters. The Bertz CT molecular complexity index is 307. The lowest BCUT2D eigenvalue weighted by Gasteiger charge is -2.18. The minimum atomic E-state index is -0.351. The van der Waals surface area contributed by atoms with E-state index in [4.69, 9.17) is 4.74 Å². The van der Waals surface area contributed by atoms with Crippen molar-refractivity contribution in [2.24, 2.45) is 0 Å². The highest BCUT2D eigenvalue weighted by Gasteiger charge is 2.29. The Morgan fingerprint density at radius 2 is 2.14 bits per heavy atom. The van der Waals surface area contributed by atoms with E-state index in [0.29, 0.717) is 13.2 Å². The molecule has 4 nitrogen and oxygen atoms in total. The Morgan fingerprint density at radius 3 is 2.79 bits per heavy atom. The summed E-state index contributed by atoms with van der Waals surface area (Å²) in [6.07, 6.45) is 3.12. The van der Waals surface area contributed by atoms with Crippen LogP contribution in [0.1, 0.15) is 4.79 Å². The van der Waals surface area contributed by atoms with Gasteiger partial charge in [-0.15, -0.1) is 4.57 Å². The van der Waals surface area contributed by atoms with Crippen molar-refractivity contribution in [1.82, 2.24) is 5.32 Å². The molecule has 74 valence electrons. The lowest BCUT2D eigenvalue weighted by Crippen LogP contribution is -2.55. The second-order valence-corrected chi connectivity index (χ2v) is 3.18. The smallest absolute Gasteiger partial charge is 0.361 e. The number of pyridine rings is 1. The highest BCUT2D eigenvalue weighted by atomic mass is 16.5. The highest BCUT2D eigenvalue weighted by molar-refractivity contribution is 5.72. The number of carbonyl (C=O) groups excluding carboxylic acids is 1. The van der Waals surface area contributed by atoms with Crippen LogP contribution in [0.2, 0.25) is 0 Å². The predicted octanol–water partition coefficient (Wildman–Crippen LogP) is -0.397. The molecule has 0 saturated carbocycles. The summed E-state index contributed by atoms with van der Waals surface area (Å²) >= 11 is 0. The van der Waals surface area contributed by atoms with E-state index in [0.717, 1.165) is 6.54 Å². The van der Waals surface area contributed by atoms with E-state index in [1.807, 2.05) is 18.2 Å². The van der Waals surface area contributed by atoms with Crippen molar-refractivity contribution in [2.75, 3.05) is 19.7 Å². The van der Waals surface area contributed by atoms with Gasteiger partial charge in [0.2, 0.25) is 0 Å². The minimum absolute atomic E-state index is 0.0159. The van der Waals surface area contributed by atoms with Crippen LogP contribution >= 0.6 is 0 Å². The molecule has 1 aliphatic heterocycles. The van der Waals surface area contributed by atoms with Crippen molar-refractivity contribution in [3.05, 3.63) is 30.6 Å². The van der Waals surface area contributed by atoms with Gasteiger partial charge < -0.3 is 10.1 Å². The maximum atomic E-state index is 11.8.